The van der Waals surface area contributed by atoms with Crippen molar-refractivity contribution in [1.82, 2.24) is 0 Å². The molecular formula is C40H28N2O2S. The molecule has 45 heavy (non-hydrogen) atoms. The number of para-hydroxylation sites is 2. The van der Waals surface area contributed by atoms with E-state index in [0.29, 0.717) is 23.2 Å². The van der Waals surface area contributed by atoms with E-state index in [2.05, 4.69) is 89.8 Å². The Hall–Kier alpha value is -5.13. The molecule has 2 aliphatic heterocycles. The summed E-state index contributed by atoms with van der Waals surface area (Å²) in [5.41, 5.74) is 10.1. The van der Waals surface area contributed by atoms with Crippen molar-refractivity contribution in [3.8, 4) is 0 Å². The van der Waals surface area contributed by atoms with E-state index in [-0.39, 0.29) is 11.8 Å². The highest BCUT2D eigenvalue weighted by Crippen LogP contribution is 2.52. The topological polar surface area (TPSA) is 40.6 Å². The van der Waals surface area contributed by atoms with Gasteiger partial charge in [-0.3, -0.25) is 9.59 Å². The molecule has 4 aliphatic carbocycles. The number of carbonyl (C=O) groups excluding carboxylic acids is 2. The van der Waals surface area contributed by atoms with Crippen molar-refractivity contribution in [2.24, 2.45) is 0 Å². The normalized spacial score (nSPS) is 15.1. The van der Waals surface area contributed by atoms with Gasteiger partial charge in [-0.1, -0.05) is 84.6 Å². The number of hydrogen-bond acceptors (Lipinski definition) is 4. The fourth-order valence-electron chi connectivity index (χ4n) is 7.14. The standard InChI is InChI=1S/C40H28N2O2S/c43-39-30-9-5-7-29-8-6-10-31(38(29)30)40(44)42(39)35-24-26-16-20-27-19-15-25(17-21-28(35)22-18-26)23-34(27)41-32-11-1-3-13-36(32)45-37-14-4-2-12-33(37)41/h1-15,18-19,22-24H,16-17,20-21H2. The monoisotopic (exact) mass is 600 g/mol. The Morgan fingerprint density at radius 1 is 0.467 bits per heavy atom. The molecule has 6 aliphatic rings. The molecule has 0 fully saturated rings. The highest BCUT2D eigenvalue weighted by atomic mass is 32.2. The second kappa shape index (κ2) is 10.2. The molecule has 6 aromatic rings. The van der Waals surface area contributed by atoms with Crippen LogP contribution in [0.4, 0.5) is 22.7 Å². The zero-order chi connectivity index (χ0) is 30.1. The summed E-state index contributed by atoms with van der Waals surface area (Å²) >= 11 is 1.82. The highest BCUT2D eigenvalue weighted by Gasteiger charge is 2.35. The van der Waals surface area contributed by atoms with E-state index < -0.39 is 0 Å². The van der Waals surface area contributed by atoms with E-state index in [1.807, 2.05) is 48.2 Å². The highest BCUT2D eigenvalue weighted by molar-refractivity contribution is 7.99. The van der Waals surface area contributed by atoms with Crippen LogP contribution in [0.1, 0.15) is 43.0 Å². The van der Waals surface area contributed by atoms with E-state index in [9.17, 15) is 9.59 Å². The number of rotatable bonds is 2. The molecule has 4 nitrogen and oxygen atoms in total. The summed E-state index contributed by atoms with van der Waals surface area (Å²) in [7, 11) is 0. The van der Waals surface area contributed by atoms with Gasteiger partial charge in [-0.25, -0.2) is 4.90 Å². The number of amides is 2. The molecule has 0 atom stereocenters. The van der Waals surface area contributed by atoms with Gasteiger partial charge in [-0.15, -0.1) is 0 Å². The van der Waals surface area contributed by atoms with Crippen LogP contribution < -0.4 is 9.80 Å². The van der Waals surface area contributed by atoms with E-state index in [1.165, 1.54) is 42.9 Å². The lowest BCUT2D eigenvalue weighted by atomic mass is 9.91. The van der Waals surface area contributed by atoms with Gasteiger partial charge in [-0.05, 0) is 102 Å². The zero-order valence-corrected chi connectivity index (χ0v) is 25.3. The fourth-order valence-corrected chi connectivity index (χ4v) is 8.20. The third kappa shape index (κ3) is 4.15. The molecule has 0 spiro atoms. The maximum atomic E-state index is 14.0. The molecule has 216 valence electrons. The van der Waals surface area contributed by atoms with Gasteiger partial charge >= 0.3 is 0 Å². The van der Waals surface area contributed by atoms with Gasteiger partial charge < -0.3 is 4.90 Å². The van der Waals surface area contributed by atoms with Crippen LogP contribution in [0.2, 0.25) is 0 Å². The van der Waals surface area contributed by atoms with Crippen molar-refractivity contribution in [3.63, 3.8) is 0 Å². The lowest BCUT2D eigenvalue weighted by Crippen LogP contribution is -2.41. The molecule has 0 saturated carbocycles. The predicted molar refractivity (Wildman–Crippen MR) is 182 cm³/mol. The molecule has 0 aromatic heterocycles. The molecule has 0 N–H and O–H groups in total. The quantitative estimate of drug-likeness (QED) is 0.185. The van der Waals surface area contributed by atoms with Crippen LogP contribution in [-0.4, -0.2) is 11.8 Å². The minimum absolute atomic E-state index is 0.249. The zero-order valence-electron chi connectivity index (χ0n) is 24.5. The first-order valence-corrected chi connectivity index (χ1v) is 16.3. The maximum absolute atomic E-state index is 14.0. The summed E-state index contributed by atoms with van der Waals surface area (Å²) in [6.45, 7) is 0. The van der Waals surface area contributed by atoms with Crippen LogP contribution in [-0.2, 0) is 25.7 Å². The van der Waals surface area contributed by atoms with E-state index in [0.717, 1.165) is 41.2 Å². The summed E-state index contributed by atoms with van der Waals surface area (Å²) in [6, 6.07) is 41.9. The number of benzene rings is 6. The molecule has 12 rings (SSSR count). The van der Waals surface area contributed by atoms with Crippen LogP contribution >= 0.6 is 11.8 Å². The van der Waals surface area contributed by atoms with Crippen LogP contribution in [0.25, 0.3) is 10.8 Å². The summed E-state index contributed by atoms with van der Waals surface area (Å²) in [5, 5.41) is 1.67. The number of imide groups is 1. The molecule has 2 amide bonds. The Labute approximate surface area is 265 Å². The first kappa shape index (κ1) is 26.3. The first-order chi connectivity index (χ1) is 22.1. The van der Waals surface area contributed by atoms with E-state index in [4.69, 9.17) is 0 Å². The smallest absolute Gasteiger partial charge is 0.265 e. The van der Waals surface area contributed by atoms with Gasteiger partial charge in [0.2, 0.25) is 0 Å². The van der Waals surface area contributed by atoms with Crippen LogP contribution in [0.5, 0.6) is 0 Å². The minimum atomic E-state index is -0.249. The Morgan fingerprint density at radius 3 is 1.53 bits per heavy atom. The van der Waals surface area contributed by atoms with Crippen molar-refractivity contribution in [3.05, 3.63) is 155 Å². The van der Waals surface area contributed by atoms with Crippen LogP contribution in [0, 0.1) is 0 Å². The minimum Gasteiger partial charge on any atom is -0.308 e. The number of hydrogen-bond donors (Lipinski definition) is 0. The maximum Gasteiger partial charge on any atom is 0.265 e. The lowest BCUT2D eigenvalue weighted by Gasteiger charge is -2.34. The van der Waals surface area contributed by atoms with Crippen LogP contribution in [0.3, 0.4) is 0 Å². The van der Waals surface area contributed by atoms with Gasteiger partial charge in [0.1, 0.15) is 0 Å². The Bertz CT molecular complexity index is 2120. The van der Waals surface area contributed by atoms with Crippen molar-refractivity contribution >= 4 is 57.1 Å². The number of nitrogens with zero attached hydrogens (tertiary/aromatic N) is 2. The van der Waals surface area contributed by atoms with Gasteiger partial charge in [0.05, 0.1) is 17.1 Å². The van der Waals surface area contributed by atoms with Gasteiger partial charge in [0.15, 0.2) is 0 Å². The number of anilines is 4. The second-order valence-corrected chi connectivity index (χ2v) is 13.0. The molecule has 5 heteroatoms. The average molecular weight is 601 g/mol. The van der Waals surface area contributed by atoms with E-state index in [1.54, 1.807) is 0 Å². The molecule has 6 aromatic carbocycles. The van der Waals surface area contributed by atoms with Gasteiger partial charge in [-0.2, -0.15) is 0 Å². The van der Waals surface area contributed by atoms with Gasteiger partial charge in [0.25, 0.3) is 11.8 Å². The van der Waals surface area contributed by atoms with Gasteiger partial charge in [0, 0.05) is 32.0 Å². The van der Waals surface area contributed by atoms with Crippen molar-refractivity contribution in [2.75, 3.05) is 9.80 Å². The van der Waals surface area contributed by atoms with E-state index >= 15 is 0 Å². The Kier molecular flexibility index (Phi) is 5.97. The number of aryl methyl sites for hydroxylation is 4. The molecule has 2 heterocycles. The number of carbonyl (C=O) groups is 2. The Morgan fingerprint density at radius 2 is 0.978 bits per heavy atom. The van der Waals surface area contributed by atoms with Crippen molar-refractivity contribution in [1.29, 1.82) is 0 Å². The first-order valence-electron chi connectivity index (χ1n) is 15.4. The predicted octanol–water partition coefficient (Wildman–Crippen LogP) is 9.46. The third-order valence-corrected chi connectivity index (χ3v) is 10.5. The average Bonchev–Trinajstić information content (AvgIpc) is 3.07. The van der Waals surface area contributed by atoms with Crippen molar-refractivity contribution in [2.45, 2.75) is 35.5 Å². The summed E-state index contributed by atoms with van der Waals surface area (Å²) in [5.74, 6) is -0.499. The third-order valence-electron chi connectivity index (χ3n) is 9.35. The summed E-state index contributed by atoms with van der Waals surface area (Å²) < 4.78 is 0. The fraction of sp³-hybridized carbons (Fsp3) is 0.100. The summed E-state index contributed by atoms with van der Waals surface area (Å²) in [6.07, 6.45) is 3.11. The largest absolute Gasteiger partial charge is 0.308 e. The van der Waals surface area contributed by atoms with Crippen LogP contribution in [0.15, 0.2) is 131 Å². The molecular weight excluding hydrogens is 573 g/mol. The second-order valence-electron chi connectivity index (χ2n) is 12.0. The molecule has 4 bridgehead atoms. The van der Waals surface area contributed by atoms with Crippen molar-refractivity contribution < 1.29 is 9.59 Å². The SMILES string of the molecule is O=C1c2cccc3cccc(c23)C(=O)N1c1cc2ccc1CCc1ccc(c(N3c4ccccc4Sc4ccccc43)c1)CC2. The molecule has 0 radical (unpaired) electrons. The molecule has 0 unspecified atom stereocenters. The lowest BCUT2D eigenvalue weighted by molar-refractivity contribution is 0.0893. The molecule has 0 saturated heterocycles. The Balaban J connectivity index is 1.13. The summed E-state index contributed by atoms with van der Waals surface area (Å²) in [4.78, 5) is 34.3. The number of fused-ring (bicyclic) bond motifs is 2.